The number of benzene rings is 1. The topological polar surface area (TPSA) is 81.4 Å². The molecule has 0 spiro atoms. The number of hydrogen-bond donors (Lipinski definition) is 1. The van der Waals surface area contributed by atoms with Crippen molar-refractivity contribution in [1.29, 1.82) is 0 Å². The Hall–Kier alpha value is -2.81. The van der Waals surface area contributed by atoms with Crippen molar-refractivity contribution < 1.29 is 27.1 Å². The molecule has 0 amide bonds. The number of aliphatic hydroxyl groups excluding tert-OH is 1. The van der Waals surface area contributed by atoms with Crippen LogP contribution in [-0.2, 0) is 12.7 Å². The first-order valence-corrected chi connectivity index (χ1v) is 6.81. The van der Waals surface area contributed by atoms with Crippen molar-refractivity contribution in [2.45, 2.75) is 18.8 Å². The quantitative estimate of drug-likeness (QED) is 0.790. The van der Waals surface area contributed by atoms with Gasteiger partial charge in [-0.25, -0.2) is 4.79 Å². The van der Waals surface area contributed by atoms with E-state index in [0.29, 0.717) is 0 Å². The first-order chi connectivity index (χ1) is 11.3. The largest absolute Gasteiger partial charge is 0.459 e. The van der Waals surface area contributed by atoms with E-state index in [-0.39, 0.29) is 23.8 Å². The summed E-state index contributed by atoms with van der Waals surface area (Å²) in [4.78, 5) is 11.7. The maximum atomic E-state index is 12.7. The van der Waals surface area contributed by atoms with Gasteiger partial charge >= 0.3 is 11.9 Å². The van der Waals surface area contributed by atoms with Gasteiger partial charge in [-0.05, 0) is 29.8 Å². The Labute approximate surface area is 132 Å². The van der Waals surface area contributed by atoms with E-state index in [4.69, 9.17) is 8.83 Å². The van der Waals surface area contributed by atoms with Crippen LogP contribution >= 0.6 is 0 Å². The smallest absolute Gasteiger partial charge is 0.437 e. The van der Waals surface area contributed by atoms with Crippen molar-refractivity contribution in [2.75, 3.05) is 0 Å². The summed E-state index contributed by atoms with van der Waals surface area (Å²) in [6, 6.07) is 7.33. The van der Waals surface area contributed by atoms with Crippen molar-refractivity contribution >= 4 is 0 Å². The minimum atomic E-state index is -4.52. The van der Waals surface area contributed by atoms with E-state index in [1.165, 1.54) is 24.5 Å². The van der Waals surface area contributed by atoms with Gasteiger partial charge in [0, 0.05) is 0 Å². The van der Waals surface area contributed by atoms with E-state index < -0.39 is 23.6 Å². The third kappa shape index (κ3) is 3.25. The zero-order chi connectivity index (χ0) is 17.3. The first kappa shape index (κ1) is 16.1. The van der Waals surface area contributed by atoms with Gasteiger partial charge in [-0.1, -0.05) is 12.1 Å². The molecule has 0 aliphatic heterocycles. The second-order valence-corrected chi connectivity index (χ2v) is 4.97. The minimum absolute atomic E-state index is 0.0132. The number of furan rings is 1. The Morgan fingerprint density at radius 3 is 2.71 bits per heavy atom. The average molecular weight is 340 g/mol. The van der Waals surface area contributed by atoms with Gasteiger partial charge in [0.1, 0.15) is 0 Å². The molecule has 1 unspecified atom stereocenters. The lowest BCUT2D eigenvalue weighted by Crippen LogP contribution is -2.20. The molecular weight excluding hydrogens is 329 g/mol. The Morgan fingerprint density at radius 2 is 2.04 bits per heavy atom. The van der Waals surface area contributed by atoms with E-state index in [0.717, 1.165) is 16.8 Å². The molecule has 3 aromatic rings. The van der Waals surface area contributed by atoms with Gasteiger partial charge in [-0.2, -0.15) is 17.9 Å². The van der Waals surface area contributed by atoms with E-state index >= 15 is 0 Å². The fourth-order valence-corrected chi connectivity index (χ4v) is 2.11. The SMILES string of the molecule is O=c1oc(-c2ccco2)nn1CC(O)c1cccc(C(F)(F)F)c1. The number of halogens is 3. The lowest BCUT2D eigenvalue weighted by atomic mass is 10.1. The molecule has 1 N–H and O–H groups in total. The molecule has 1 aromatic carbocycles. The number of aliphatic hydroxyl groups is 1. The van der Waals surface area contributed by atoms with Crippen LogP contribution in [0.1, 0.15) is 17.2 Å². The predicted octanol–water partition coefficient (Wildman–Crippen LogP) is 2.85. The number of aromatic nitrogens is 2. The van der Waals surface area contributed by atoms with Crippen LogP contribution in [0.3, 0.4) is 0 Å². The molecule has 9 heteroatoms. The molecule has 0 saturated carbocycles. The molecule has 0 saturated heterocycles. The van der Waals surface area contributed by atoms with Crippen LogP contribution in [-0.4, -0.2) is 14.9 Å². The normalized spacial score (nSPS) is 13.2. The van der Waals surface area contributed by atoms with Crippen LogP contribution < -0.4 is 5.76 Å². The van der Waals surface area contributed by atoms with Crippen LogP contribution in [0, 0.1) is 0 Å². The summed E-state index contributed by atoms with van der Waals surface area (Å²) in [6.45, 7) is -0.357. The molecule has 0 bridgehead atoms. The van der Waals surface area contributed by atoms with Crippen LogP contribution in [0.25, 0.3) is 11.7 Å². The highest BCUT2D eigenvalue weighted by molar-refractivity contribution is 5.42. The third-order valence-electron chi connectivity index (χ3n) is 3.28. The minimum Gasteiger partial charge on any atom is -0.459 e. The molecule has 0 aliphatic carbocycles. The molecule has 126 valence electrons. The Morgan fingerprint density at radius 1 is 1.25 bits per heavy atom. The summed E-state index contributed by atoms with van der Waals surface area (Å²) in [6.07, 6.45) is -4.52. The fraction of sp³-hybridized carbons (Fsp3) is 0.200. The summed E-state index contributed by atoms with van der Waals surface area (Å²) in [5.41, 5.74) is -0.873. The highest BCUT2D eigenvalue weighted by Crippen LogP contribution is 2.31. The Kier molecular flexibility index (Phi) is 4.02. The summed E-state index contributed by atoms with van der Waals surface area (Å²) in [7, 11) is 0. The average Bonchev–Trinajstić information content (AvgIpc) is 3.17. The molecule has 6 nitrogen and oxygen atoms in total. The monoisotopic (exact) mass is 340 g/mol. The fourth-order valence-electron chi connectivity index (χ4n) is 2.11. The zero-order valence-corrected chi connectivity index (χ0v) is 12.0. The van der Waals surface area contributed by atoms with Crippen molar-refractivity contribution in [3.8, 4) is 11.7 Å². The lowest BCUT2D eigenvalue weighted by molar-refractivity contribution is -0.137. The molecule has 1 atom stereocenters. The van der Waals surface area contributed by atoms with Gasteiger partial charge < -0.3 is 13.9 Å². The van der Waals surface area contributed by atoms with Crippen LogP contribution in [0.4, 0.5) is 13.2 Å². The third-order valence-corrected chi connectivity index (χ3v) is 3.28. The number of nitrogens with zero attached hydrogens (tertiary/aromatic N) is 2. The first-order valence-electron chi connectivity index (χ1n) is 6.81. The second-order valence-electron chi connectivity index (χ2n) is 4.97. The predicted molar refractivity (Wildman–Crippen MR) is 74.9 cm³/mol. The number of rotatable bonds is 4. The molecule has 0 fully saturated rings. The number of alkyl halides is 3. The highest BCUT2D eigenvalue weighted by atomic mass is 19.4. The van der Waals surface area contributed by atoms with E-state index in [1.807, 2.05) is 0 Å². The molecular formula is C15H11F3N2O4. The number of hydrogen-bond acceptors (Lipinski definition) is 5. The standard InChI is InChI=1S/C15H11F3N2O4/c16-15(17,18)10-4-1-3-9(7-10)11(21)8-20-14(22)24-13(19-20)12-5-2-6-23-12/h1-7,11,21H,8H2. The second kappa shape index (κ2) is 6.00. The van der Waals surface area contributed by atoms with Gasteiger partial charge in [-0.3, -0.25) is 0 Å². The van der Waals surface area contributed by atoms with Gasteiger partial charge in [0.15, 0.2) is 5.76 Å². The molecule has 2 aromatic heterocycles. The van der Waals surface area contributed by atoms with Crippen molar-refractivity contribution in [3.05, 3.63) is 64.3 Å². The van der Waals surface area contributed by atoms with E-state index in [9.17, 15) is 23.1 Å². The molecule has 0 radical (unpaired) electrons. The van der Waals surface area contributed by atoms with Gasteiger partial charge in [0.2, 0.25) is 0 Å². The molecule has 2 heterocycles. The van der Waals surface area contributed by atoms with Crippen LogP contribution in [0.2, 0.25) is 0 Å². The summed E-state index contributed by atoms with van der Waals surface area (Å²) in [5.74, 6) is -0.715. The maximum absolute atomic E-state index is 12.7. The van der Waals surface area contributed by atoms with Gasteiger partial charge in [0.25, 0.3) is 5.89 Å². The summed E-state index contributed by atoms with van der Waals surface area (Å²) in [5, 5.41) is 13.9. The van der Waals surface area contributed by atoms with Crippen molar-refractivity contribution in [2.24, 2.45) is 0 Å². The highest BCUT2D eigenvalue weighted by Gasteiger charge is 2.31. The molecule has 3 rings (SSSR count). The van der Waals surface area contributed by atoms with Gasteiger partial charge in [0.05, 0.1) is 24.5 Å². The summed E-state index contributed by atoms with van der Waals surface area (Å²) >= 11 is 0. The Bertz CT molecular complexity index is 881. The van der Waals surface area contributed by atoms with Gasteiger partial charge in [-0.15, -0.1) is 5.10 Å². The molecule has 24 heavy (non-hydrogen) atoms. The zero-order valence-electron chi connectivity index (χ0n) is 12.0. The van der Waals surface area contributed by atoms with E-state index in [1.54, 1.807) is 6.07 Å². The van der Waals surface area contributed by atoms with Crippen LogP contribution in [0.5, 0.6) is 0 Å². The maximum Gasteiger partial charge on any atom is 0.437 e. The van der Waals surface area contributed by atoms with Crippen LogP contribution in [0.15, 0.2) is 56.3 Å². The molecule has 0 aliphatic rings. The lowest BCUT2D eigenvalue weighted by Gasteiger charge is -2.13. The van der Waals surface area contributed by atoms with Crippen molar-refractivity contribution in [3.63, 3.8) is 0 Å². The van der Waals surface area contributed by atoms with Crippen molar-refractivity contribution in [1.82, 2.24) is 9.78 Å². The summed E-state index contributed by atoms with van der Waals surface area (Å²) < 4.78 is 48.9. The Balaban J connectivity index is 1.83. The van der Waals surface area contributed by atoms with E-state index in [2.05, 4.69) is 5.10 Å².